The van der Waals surface area contributed by atoms with E-state index < -0.39 is 0 Å². The number of rotatable bonds is 10. The predicted molar refractivity (Wildman–Crippen MR) is 113 cm³/mol. The zero-order valence-corrected chi connectivity index (χ0v) is 17.8. The molecule has 2 N–H and O–H groups in total. The van der Waals surface area contributed by atoms with Crippen LogP contribution in [-0.4, -0.2) is 37.1 Å². The van der Waals surface area contributed by atoms with Gasteiger partial charge in [0.25, 0.3) is 5.91 Å². The molecule has 5 nitrogen and oxygen atoms in total. The summed E-state index contributed by atoms with van der Waals surface area (Å²) in [4.78, 5) is 14.6. The lowest BCUT2D eigenvalue weighted by molar-refractivity contribution is 0.0766. The number of nitrogens with two attached hydrogens (primary N) is 1. The maximum atomic E-state index is 12.8. The molecule has 2 aromatic rings. The molecule has 0 spiro atoms. The fourth-order valence-electron chi connectivity index (χ4n) is 3.69. The lowest BCUT2D eigenvalue weighted by Gasteiger charge is -2.27. The first-order valence-corrected chi connectivity index (χ1v) is 10.7. The van der Waals surface area contributed by atoms with Crippen molar-refractivity contribution in [2.45, 2.75) is 51.1 Å². The molecule has 1 aromatic heterocycles. The third-order valence-electron chi connectivity index (χ3n) is 5.48. The molecule has 1 aliphatic rings. The topological polar surface area (TPSA) is 64.8 Å². The van der Waals surface area contributed by atoms with Gasteiger partial charge in [-0.15, -0.1) is 0 Å². The van der Waals surface area contributed by atoms with Crippen LogP contribution in [-0.2, 0) is 13.0 Å². The van der Waals surface area contributed by atoms with E-state index in [1.165, 1.54) is 5.56 Å². The Morgan fingerprint density at radius 1 is 1.18 bits per heavy atom. The number of carbonyl (C=O) groups excluding carboxylic acids is 1. The number of amides is 1. The highest BCUT2D eigenvalue weighted by Crippen LogP contribution is 2.35. The number of hydrogen-bond donors (Lipinski definition) is 1. The first-order valence-electron chi connectivity index (χ1n) is 9.77. The first kappa shape index (κ1) is 20.7. The molecule has 0 saturated carbocycles. The van der Waals surface area contributed by atoms with Gasteiger partial charge < -0.3 is 20.1 Å². The second-order valence-electron chi connectivity index (χ2n) is 7.83. The number of hydrogen-bond acceptors (Lipinski definition) is 5. The molecule has 1 aliphatic heterocycles. The highest BCUT2D eigenvalue weighted by Gasteiger charge is 2.30. The quantitative estimate of drug-likeness (QED) is 0.604. The summed E-state index contributed by atoms with van der Waals surface area (Å²) in [7, 11) is 3.19. The highest BCUT2D eigenvalue weighted by molar-refractivity contribution is 7.07. The number of methoxy groups -OCH3 is 2. The Labute approximate surface area is 171 Å². The Kier molecular flexibility index (Phi) is 6.62. The smallest absolute Gasteiger partial charge is 0.254 e. The van der Waals surface area contributed by atoms with Crippen LogP contribution in [0.4, 0.5) is 0 Å². The fourth-order valence-corrected chi connectivity index (χ4v) is 4.39. The van der Waals surface area contributed by atoms with Crippen LogP contribution < -0.4 is 15.2 Å². The molecule has 6 heteroatoms. The van der Waals surface area contributed by atoms with Gasteiger partial charge in [-0.2, -0.15) is 11.3 Å². The Morgan fingerprint density at radius 2 is 1.93 bits per heavy atom. The number of carbonyl (C=O) groups is 1. The molecule has 0 radical (unpaired) electrons. The molecule has 1 atom stereocenters. The molecule has 152 valence electrons. The van der Waals surface area contributed by atoms with Crippen molar-refractivity contribution in [1.82, 2.24) is 4.90 Å². The summed E-state index contributed by atoms with van der Waals surface area (Å²) in [6.07, 6.45) is 5.12. The van der Waals surface area contributed by atoms with E-state index in [0.29, 0.717) is 30.2 Å². The molecule has 0 aliphatic carbocycles. The van der Waals surface area contributed by atoms with Gasteiger partial charge >= 0.3 is 0 Å². The summed E-state index contributed by atoms with van der Waals surface area (Å²) in [6.45, 7) is 3.36. The Morgan fingerprint density at radius 3 is 2.61 bits per heavy atom. The average Bonchev–Trinajstić information content (AvgIpc) is 3.30. The van der Waals surface area contributed by atoms with Crippen LogP contribution in [0.1, 0.15) is 54.1 Å². The minimum Gasteiger partial charge on any atom is -0.493 e. The number of thiophene rings is 1. The van der Waals surface area contributed by atoms with Gasteiger partial charge in [0.15, 0.2) is 11.5 Å². The van der Waals surface area contributed by atoms with Crippen molar-refractivity contribution in [3.63, 3.8) is 0 Å². The summed E-state index contributed by atoms with van der Waals surface area (Å²) < 4.78 is 10.7. The first-order chi connectivity index (χ1) is 13.4. The van der Waals surface area contributed by atoms with E-state index >= 15 is 0 Å². The fraction of sp³-hybridized carbons (Fsp3) is 0.500. The van der Waals surface area contributed by atoms with Gasteiger partial charge in [-0.05, 0) is 72.7 Å². The largest absolute Gasteiger partial charge is 0.493 e. The molecule has 1 aromatic carbocycles. The van der Waals surface area contributed by atoms with Gasteiger partial charge in [0, 0.05) is 24.2 Å². The van der Waals surface area contributed by atoms with E-state index in [1.54, 1.807) is 31.6 Å². The number of aryl methyl sites for hydroxylation is 1. The molecule has 0 fully saturated rings. The molecular formula is C22H30N2O3S. The second-order valence-corrected chi connectivity index (χ2v) is 8.61. The normalized spacial score (nSPS) is 15.4. The van der Waals surface area contributed by atoms with Crippen LogP contribution in [0.3, 0.4) is 0 Å². The van der Waals surface area contributed by atoms with Gasteiger partial charge in [0.05, 0.1) is 14.2 Å². The number of nitrogens with zero attached hydrogens (tertiary/aromatic N) is 1. The molecule has 1 unspecified atom stereocenters. The summed E-state index contributed by atoms with van der Waals surface area (Å²) in [5.41, 5.74) is 9.35. The summed E-state index contributed by atoms with van der Waals surface area (Å²) in [5.74, 6) is 1.29. The van der Waals surface area contributed by atoms with Crippen molar-refractivity contribution >= 4 is 17.2 Å². The van der Waals surface area contributed by atoms with E-state index in [2.05, 4.69) is 23.8 Å². The third kappa shape index (κ3) is 4.86. The average molecular weight is 403 g/mol. The minimum atomic E-state index is -0.265. The number of unbranched alkanes of at least 4 members (excludes halogenated alkanes) is 1. The zero-order chi connectivity index (χ0) is 20.1. The van der Waals surface area contributed by atoms with Crippen LogP contribution in [0.5, 0.6) is 11.5 Å². The number of ether oxygens (including phenoxy) is 2. The third-order valence-corrected chi connectivity index (χ3v) is 6.22. The van der Waals surface area contributed by atoms with Gasteiger partial charge in [-0.1, -0.05) is 6.42 Å². The standard InChI is InChI=1S/C22H30N2O3S/c1-22(23,8-5-4-6-16-7-11-28-15-16)9-10-24-14-17-12-19(26-2)20(27-3)13-18(17)21(24)25/h7,11-13,15H,4-6,8-10,14,23H2,1-3H3. The van der Waals surface area contributed by atoms with Crippen molar-refractivity contribution in [2.75, 3.05) is 20.8 Å². The molecule has 28 heavy (non-hydrogen) atoms. The number of benzene rings is 1. The van der Waals surface area contributed by atoms with Crippen LogP contribution in [0.2, 0.25) is 0 Å². The van der Waals surface area contributed by atoms with Crippen LogP contribution >= 0.6 is 11.3 Å². The van der Waals surface area contributed by atoms with E-state index in [0.717, 1.165) is 37.7 Å². The maximum absolute atomic E-state index is 12.8. The van der Waals surface area contributed by atoms with Gasteiger partial charge in [-0.25, -0.2) is 0 Å². The van der Waals surface area contributed by atoms with Crippen molar-refractivity contribution in [3.8, 4) is 11.5 Å². The van der Waals surface area contributed by atoms with Gasteiger partial charge in [-0.3, -0.25) is 4.79 Å². The Hall–Kier alpha value is -2.05. The van der Waals surface area contributed by atoms with Crippen molar-refractivity contribution in [2.24, 2.45) is 5.73 Å². The summed E-state index contributed by atoms with van der Waals surface area (Å²) in [5, 5.41) is 4.33. The second kappa shape index (κ2) is 8.97. The predicted octanol–water partition coefficient (Wildman–Crippen LogP) is 4.24. The van der Waals surface area contributed by atoms with Crippen LogP contribution in [0.25, 0.3) is 0 Å². The summed E-state index contributed by atoms with van der Waals surface area (Å²) in [6, 6.07) is 5.87. The van der Waals surface area contributed by atoms with Crippen molar-refractivity contribution in [3.05, 3.63) is 45.6 Å². The molecule has 0 saturated heterocycles. The molecule has 2 heterocycles. The van der Waals surface area contributed by atoms with Crippen molar-refractivity contribution in [1.29, 1.82) is 0 Å². The molecular weight excluding hydrogens is 372 g/mol. The lowest BCUT2D eigenvalue weighted by Crippen LogP contribution is -2.40. The molecule has 3 rings (SSSR count). The van der Waals surface area contributed by atoms with E-state index in [4.69, 9.17) is 15.2 Å². The number of fused-ring (bicyclic) bond motifs is 1. The van der Waals surface area contributed by atoms with E-state index in [1.807, 2.05) is 11.0 Å². The Balaban J connectivity index is 1.50. The lowest BCUT2D eigenvalue weighted by atomic mass is 9.91. The Bertz CT molecular complexity index is 802. The molecule has 0 bridgehead atoms. The van der Waals surface area contributed by atoms with E-state index in [-0.39, 0.29) is 11.4 Å². The van der Waals surface area contributed by atoms with E-state index in [9.17, 15) is 4.79 Å². The van der Waals surface area contributed by atoms with Gasteiger partial charge in [0.2, 0.25) is 0 Å². The molecule has 1 amide bonds. The van der Waals surface area contributed by atoms with Crippen LogP contribution in [0, 0.1) is 0 Å². The summed E-state index contributed by atoms with van der Waals surface area (Å²) >= 11 is 1.75. The maximum Gasteiger partial charge on any atom is 0.254 e. The zero-order valence-electron chi connectivity index (χ0n) is 17.0. The van der Waals surface area contributed by atoms with Gasteiger partial charge in [0.1, 0.15) is 0 Å². The van der Waals surface area contributed by atoms with Crippen LogP contribution in [0.15, 0.2) is 29.0 Å². The SMILES string of the molecule is COc1cc2c(cc1OC)C(=O)N(CCC(C)(N)CCCCc1ccsc1)C2. The highest BCUT2D eigenvalue weighted by atomic mass is 32.1. The van der Waals surface area contributed by atoms with Crippen molar-refractivity contribution < 1.29 is 14.3 Å². The minimum absolute atomic E-state index is 0.0456. The monoisotopic (exact) mass is 402 g/mol.